The number of nitrogens with one attached hydrogen (secondary N) is 1. The fourth-order valence-electron chi connectivity index (χ4n) is 1.54. The highest BCUT2D eigenvalue weighted by molar-refractivity contribution is 5.92. The predicted molar refractivity (Wildman–Crippen MR) is 82.6 cm³/mol. The molecule has 0 radical (unpaired) electrons. The highest BCUT2D eigenvalue weighted by atomic mass is 16.6. The lowest BCUT2D eigenvalue weighted by molar-refractivity contribution is -0.112. The van der Waals surface area contributed by atoms with E-state index >= 15 is 0 Å². The Kier molecular flexibility index (Phi) is 5.52. The summed E-state index contributed by atoms with van der Waals surface area (Å²) in [6.45, 7) is 6.85. The minimum atomic E-state index is -0.568. The number of benzene rings is 1. The van der Waals surface area contributed by atoms with Crippen LogP contribution in [0, 0.1) is 0 Å². The Morgan fingerprint density at radius 3 is 2.43 bits per heavy atom. The lowest BCUT2D eigenvalue weighted by atomic mass is 10.1. The van der Waals surface area contributed by atoms with E-state index in [9.17, 15) is 9.59 Å². The SMILES string of the molecule is COc1cc(/C=C/C(C)=O)ccc1NC(=O)OC(C)(C)C. The molecule has 0 atom stereocenters. The molecular formula is C16H21NO4. The molecule has 1 amide bonds. The predicted octanol–water partition coefficient (Wildman–Crippen LogP) is 3.64. The summed E-state index contributed by atoms with van der Waals surface area (Å²) in [5, 5.41) is 2.63. The Morgan fingerprint density at radius 1 is 1.24 bits per heavy atom. The van der Waals surface area contributed by atoms with E-state index in [2.05, 4.69) is 5.32 Å². The second-order valence-electron chi connectivity index (χ2n) is 5.53. The number of ketones is 1. The fourth-order valence-corrected chi connectivity index (χ4v) is 1.54. The van der Waals surface area contributed by atoms with E-state index in [1.54, 1.807) is 45.0 Å². The van der Waals surface area contributed by atoms with Crippen molar-refractivity contribution >= 4 is 23.6 Å². The molecule has 0 spiro atoms. The van der Waals surface area contributed by atoms with E-state index < -0.39 is 11.7 Å². The highest BCUT2D eigenvalue weighted by Crippen LogP contribution is 2.26. The molecule has 0 fully saturated rings. The van der Waals surface area contributed by atoms with Gasteiger partial charge in [-0.25, -0.2) is 4.79 Å². The number of anilines is 1. The smallest absolute Gasteiger partial charge is 0.412 e. The summed E-state index contributed by atoms with van der Waals surface area (Å²) >= 11 is 0. The van der Waals surface area contributed by atoms with Crippen LogP contribution in [0.2, 0.25) is 0 Å². The van der Waals surface area contributed by atoms with Crippen LogP contribution in [0.4, 0.5) is 10.5 Å². The molecule has 0 heterocycles. The van der Waals surface area contributed by atoms with Crippen LogP contribution in [0.3, 0.4) is 0 Å². The first kappa shape index (κ1) is 16.8. The summed E-state index contributed by atoms with van der Waals surface area (Å²) in [6, 6.07) is 5.20. The number of amides is 1. The van der Waals surface area contributed by atoms with Crippen molar-refractivity contribution in [1.82, 2.24) is 0 Å². The van der Waals surface area contributed by atoms with Crippen LogP contribution in [0.15, 0.2) is 24.3 Å². The summed E-state index contributed by atoms with van der Waals surface area (Å²) in [5.74, 6) is 0.455. The Bertz CT molecular complexity index is 556. The summed E-state index contributed by atoms with van der Waals surface area (Å²) in [6.07, 6.45) is 2.60. The van der Waals surface area contributed by atoms with Gasteiger partial charge < -0.3 is 9.47 Å². The number of hydrogen-bond donors (Lipinski definition) is 1. The van der Waals surface area contributed by atoms with E-state index in [0.29, 0.717) is 11.4 Å². The molecule has 0 aliphatic heterocycles. The minimum absolute atomic E-state index is 0.0371. The Hall–Kier alpha value is -2.30. The van der Waals surface area contributed by atoms with Crippen molar-refractivity contribution in [2.24, 2.45) is 0 Å². The Morgan fingerprint density at radius 2 is 1.90 bits per heavy atom. The molecule has 0 saturated heterocycles. The van der Waals surface area contributed by atoms with Crippen LogP contribution in [-0.4, -0.2) is 24.6 Å². The molecule has 0 aliphatic carbocycles. The van der Waals surface area contributed by atoms with Gasteiger partial charge in [-0.2, -0.15) is 0 Å². The lowest BCUT2D eigenvalue weighted by Crippen LogP contribution is -2.27. The molecule has 21 heavy (non-hydrogen) atoms. The molecule has 0 bridgehead atoms. The zero-order valence-electron chi connectivity index (χ0n) is 13.0. The maximum atomic E-state index is 11.7. The topological polar surface area (TPSA) is 64.6 Å². The first-order chi connectivity index (χ1) is 9.71. The van der Waals surface area contributed by atoms with E-state index in [-0.39, 0.29) is 5.78 Å². The molecule has 0 unspecified atom stereocenters. The van der Waals surface area contributed by atoms with Crippen molar-refractivity contribution in [1.29, 1.82) is 0 Å². The van der Waals surface area contributed by atoms with Crippen LogP contribution in [0.1, 0.15) is 33.3 Å². The van der Waals surface area contributed by atoms with Gasteiger partial charge in [0.1, 0.15) is 11.4 Å². The second kappa shape index (κ2) is 6.92. The molecule has 0 aromatic heterocycles. The summed E-state index contributed by atoms with van der Waals surface area (Å²) < 4.78 is 10.4. The van der Waals surface area contributed by atoms with Gasteiger partial charge in [-0.05, 0) is 51.5 Å². The lowest BCUT2D eigenvalue weighted by Gasteiger charge is -2.20. The normalized spacial score (nSPS) is 11.3. The first-order valence-corrected chi connectivity index (χ1v) is 6.58. The van der Waals surface area contributed by atoms with Crippen LogP contribution in [0.25, 0.3) is 6.08 Å². The highest BCUT2D eigenvalue weighted by Gasteiger charge is 2.17. The molecule has 5 nitrogen and oxygen atoms in total. The monoisotopic (exact) mass is 291 g/mol. The van der Waals surface area contributed by atoms with Crippen LogP contribution < -0.4 is 10.1 Å². The molecule has 1 N–H and O–H groups in total. The quantitative estimate of drug-likeness (QED) is 0.860. The van der Waals surface area contributed by atoms with Crippen molar-refractivity contribution in [3.63, 3.8) is 0 Å². The van der Waals surface area contributed by atoms with E-state index in [0.717, 1.165) is 5.56 Å². The molecule has 0 aliphatic rings. The number of methoxy groups -OCH3 is 1. The van der Waals surface area contributed by atoms with Crippen molar-refractivity contribution in [2.45, 2.75) is 33.3 Å². The van der Waals surface area contributed by atoms with Gasteiger partial charge in [-0.3, -0.25) is 10.1 Å². The van der Waals surface area contributed by atoms with E-state index in [1.807, 2.05) is 0 Å². The third kappa shape index (κ3) is 6.12. The third-order valence-electron chi connectivity index (χ3n) is 2.37. The molecule has 1 rings (SSSR count). The maximum absolute atomic E-state index is 11.7. The molecule has 0 saturated carbocycles. The van der Waals surface area contributed by atoms with Gasteiger partial charge in [0, 0.05) is 0 Å². The molecule has 5 heteroatoms. The van der Waals surface area contributed by atoms with Crippen LogP contribution in [0.5, 0.6) is 5.75 Å². The zero-order valence-corrected chi connectivity index (χ0v) is 13.0. The fraction of sp³-hybridized carbons (Fsp3) is 0.375. The number of rotatable bonds is 4. The van der Waals surface area contributed by atoms with Gasteiger partial charge in [0.15, 0.2) is 5.78 Å². The van der Waals surface area contributed by atoms with Gasteiger partial charge >= 0.3 is 6.09 Å². The molecule has 1 aromatic rings. The standard InChI is InChI=1S/C16H21NO4/c1-11(18)6-7-12-8-9-13(14(10-12)20-5)17-15(19)21-16(2,3)4/h6-10H,1-5H3,(H,17,19)/b7-6+. The average molecular weight is 291 g/mol. The van der Waals surface area contributed by atoms with Crippen molar-refractivity contribution in [2.75, 3.05) is 12.4 Å². The van der Waals surface area contributed by atoms with Gasteiger partial charge in [0.2, 0.25) is 0 Å². The molecular weight excluding hydrogens is 270 g/mol. The third-order valence-corrected chi connectivity index (χ3v) is 2.37. The second-order valence-corrected chi connectivity index (χ2v) is 5.53. The molecule has 114 valence electrons. The number of carbonyl (C=O) groups is 2. The van der Waals surface area contributed by atoms with Gasteiger partial charge in [-0.15, -0.1) is 0 Å². The summed E-state index contributed by atoms with van der Waals surface area (Å²) in [4.78, 5) is 22.7. The van der Waals surface area contributed by atoms with Gasteiger partial charge in [-0.1, -0.05) is 12.1 Å². The van der Waals surface area contributed by atoms with Crippen LogP contribution >= 0.6 is 0 Å². The number of ether oxygens (including phenoxy) is 2. The molecule has 1 aromatic carbocycles. The van der Waals surface area contributed by atoms with Crippen LogP contribution in [-0.2, 0) is 9.53 Å². The maximum Gasteiger partial charge on any atom is 0.412 e. The number of carbonyl (C=O) groups excluding carboxylic acids is 2. The number of allylic oxidation sites excluding steroid dienone is 1. The van der Waals surface area contributed by atoms with Crippen molar-refractivity contribution in [3.8, 4) is 5.75 Å². The van der Waals surface area contributed by atoms with Crippen molar-refractivity contribution < 1.29 is 19.1 Å². The van der Waals surface area contributed by atoms with Gasteiger partial charge in [0.05, 0.1) is 12.8 Å². The average Bonchev–Trinajstić information content (AvgIpc) is 2.35. The number of hydrogen-bond acceptors (Lipinski definition) is 4. The largest absolute Gasteiger partial charge is 0.495 e. The first-order valence-electron chi connectivity index (χ1n) is 6.58. The summed E-state index contributed by atoms with van der Waals surface area (Å²) in [7, 11) is 1.51. The Balaban J connectivity index is 2.89. The van der Waals surface area contributed by atoms with E-state index in [1.165, 1.54) is 20.1 Å². The van der Waals surface area contributed by atoms with E-state index in [4.69, 9.17) is 9.47 Å². The summed E-state index contributed by atoms with van der Waals surface area (Å²) in [5.41, 5.74) is 0.741. The Labute approximate surface area is 124 Å². The van der Waals surface area contributed by atoms with Crippen molar-refractivity contribution in [3.05, 3.63) is 29.8 Å². The minimum Gasteiger partial charge on any atom is -0.495 e. The zero-order chi connectivity index (χ0) is 16.0. The van der Waals surface area contributed by atoms with Gasteiger partial charge in [0.25, 0.3) is 0 Å².